The highest BCUT2D eigenvalue weighted by Gasteiger charge is 2.32. The van der Waals surface area contributed by atoms with Crippen LogP contribution >= 0.6 is 23.4 Å². The third-order valence-electron chi connectivity index (χ3n) is 2.38. The predicted octanol–water partition coefficient (Wildman–Crippen LogP) is 3.62. The molecule has 1 aromatic rings. The molecule has 20 heavy (non-hydrogen) atoms. The zero-order valence-electron chi connectivity index (χ0n) is 10.3. The molecule has 0 saturated carbocycles. The fraction of sp³-hybridized carbons (Fsp3) is 0.333. The van der Waals surface area contributed by atoms with E-state index >= 15 is 0 Å². The van der Waals surface area contributed by atoms with Gasteiger partial charge in [0.2, 0.25) is 0 Å². The van der Waals surface area contributed by atoms with E-state index in [4.69, 9.17) is 16.9 Å². The van der Waals surface area contributed by atoms with Crippen molar-refractivity contribution in [1.29, 1.82) is 5.26 Å². The van der Waals surface area contributed by atoms with Crippen LogP contribution in [0.2, 0.25) is 0 Å². The first-order valence-electron chi connectivity index (χ1n) is 5.25. The Bertz CT molecular complexity index is 555. The maximum atomic E-state index is 12.6. The number of methoxy groups -OCH3 is 1. The van der Waals surface area contributed by atoms with Crippen molar-refractivity contribution in [2.24, 2.45) is 0 Å². The van der Waals surface area contributed by atoms with Gasteiger partial charge in [0.25, 0.3) is 0 Å². The van der Waals surface area contributed by atoms with E-state index in [-0.39, 0.29) is 45.6 Å². The lowest BCUT2D eigenvalue weighted by Gasteiger charge is -2.15. The smallest absolute Gasteiger partial charge is 0.446 e. The highest BCUT2D eigenvalue weighted by molar-refractivity contribution is 8.00. The number of hydrogen-bond acceptors (Lipinski definition) is 4. The molecule has 0 amide bonds. The summed E-state index contributed by atoms with van der Waals surface area (Å²) in [6, 6.07) is 4.43. The number of nitrogens with zero attached hydrogens (tertiary/aromatic N) is 1. The van der Waals surface area contributed by atoms with E-state index in [1.807, 2.05) is 0 Å². The van der Waals surface area contributed by atoms with Crippen LogP contribution in [0.1, 0.15) is 16.7 Å². The number of thioether (sulfide) groups is 1. The molecule has 0 heterocycles. The number of carbonyl (C=O) groups is 1. The van der Waals surface area contributed by atoms with E-state index in [0.717, 1.165) is 7.11 Å². The number of benzene rings is 1. The van der Waals surface area contributed by atoms with Crippen LogP contribution in [0.4, 0.5) is 13.2 Å². The summed E-state index contributed by atoms with van der Waals surface area (Å²) in [6.45, 7) is 0. The molecule has 0 aromatic heterocycles. The molecular formula is C12H9ClF3NO2S. The quantitative estimate of drug-likeness (QED) is 0.482. The second-order valence-corrected chi connectivity index (χ2v) is 4.97. The molecule has 1 aromatic carbocycles. The largest absolute Gasteiger partial charge is 0.469 e. The molecule has 0 saturated heterocycles. The summed E-state index contributed by atoms with van der Waals surface area (Å²) in [5.41, 5.74) is -4.29. The van der Waals surface area contributed by atoms with Gasteiger partial charge >= 0.3 is 11.5 Å². The van der Waals surface area contributed by atoms with E-state index in [0.29, 0.717) is 0 Å². The molecule has 8 heteroatoms. The van der Waals surface area contributed by atoms with Crippen LogP contribution in [0, 0.1) is 11.3 Å². The Morgan fingerprint density at radius 2 is 2.15 bits per heavy atom. The Hall–Kier alpha value is -1.39. The molecule has 0 aliphatic rings. The number of esters is 1. The summed E-state index contributed by atoms with van der Waals surface area (Å²) in [7, 11) is 1.14. The monoisotopic (exact) mass is 323 g/mol. The number of nitriles is 1. The van der Waals surface area contributed by atoms with Gasteiger partial charge in [-0.2, -0.15) is 18.4 Å². The van der Waals surface area contributed by atoms with Crippen molar-refractivity contribution in [3.8, 4) is 6.07 Å². The Kier molecular flexibility index (Phi) is 5.72. The first-order valence-corrected chi connectivity index (χ1v) is 6.60. The Labute approximate surface area is 122 Å². The zero-order chi connectivity index (χ0) is 15.3. The van der Waals surface area contributed by atoms with Gasteiger partial charge in [0.15, 0.2) is 0 Å². The van der Waals surface area contributed by atoms with Gasteiger partial charge in [-0.25, -0.2) is 0 Å². The maximum Gasteiger partial charge on any atom is 0.446 e. The van der Waals surface area contributed by atoms with Crippen molar-refractivity contribution in [2.45, 2.75) is 22.7 Å². The van der Waals surface area contributed by atoms with Gasteiger partial charge in [0.05, 0.1) is 25.2 Å². The Morgan fingerprint density at radius 3 is 2.60 bits per heavy atom. The topological polar surface area (TPSA) is 50.1 Å². The summed E-state index contributed by atoms with van der Waals surface area (Å²) in [6.07, 6.45) is -0.315. The van der Waals surface area contributed by atoms with E-state index < -0.39 is 11.5 Å². The normalized spacial score (nSPS) is 11.0. The Morgan fingerprint density at radius 1 is 1.50 bits per heavy atom. The molecule has 0 aliphatic carbocycles. The minimum absolute atomic E-state index is 0.0559. The molecule has 0 fully saturated rings. The first-order chi connectivity index (χ1) is 9.32. The van der Waals surface area contributed by atoms with Gasteiger partial charge in [0.1, 0.15) is 0 Å². The third-order valence-corrected chi connectivity index (χ3v) is 3.59. The molecule has 0 aliphatic heterocycles. The summed E-state index contributed by atoms with van der Waals surface area (Å²) in [5.74, 6) is -0.921. The average molecular weight is 324 g/mol. The second kappa shape index (κ2) is 6.86. The molecule has 0 atom stereocenters. The van der Waals surface area contributed by atoms with Crippen molar-refractivity contribution in [2.75, 3.05) is 7.11 Å². The van der Waals surface area contributed by atoms with Gasteiger partial charge in [-0.15, -0.1) is 11.6 Å². The molecular weight excluding hydrogens is 315 g/mol. The van der Waals surface area contributed by atoms with Crippen LogP contribution in [-0.2, 0) is 21.8 Å². The molecule has 0 radical (unpaired) electrons. The summed E-state index contributed by atoms with van der Waals surface area (Å²) < 4.78 is 42.3. The van der Waals surface area contributed by atoms with E-state index in [1.165, 1.54) is 12.1 Å². The summed E-state index contributed by atoms with van der Waals surface area (Å²) in [5, 5.41) is 8.90. The van der Waals surface area contributed by atoms with Crippen molar-refractivity contribution >= 4 is 29.3 Å². The van der Waals surface area contributed by atoms with Crippen LogP contribution in [-0.4, -0.2) is 18.6 Å². The standard InChI is InChI=1S/C12H9ClF3NO2S/c1-19-10(18)4-7-2-3-8(6-17)9(5-13)11(7)20-12(14,15)16/h2-3H,4-5H2,1H3. The fourth-order valence-electron chi connectivity index (χ4n) is 1.52. The minimum atomic E-state index is -4.54. The molecule has 3 nitrogen and oxygen atoms in total. The number of halogens is 4. The van der Waals surface area contributed by atoms with E-state index in [2.05, 4.69) is 4.74 Å². The van der Waals surface area contributed by atoms with Crippen LogP contribution in [0.3, 0.4) is 0 Å². The lowest BCUT2D eigenvalue weighted by atomic mass is 10.0. The highest BCUT2D eigenvalue weighted by Crippen LogP contribution is 2.42. The highest BCUT2D eigenvalue weighted by atomic mass is 35.5. The second-order valence-electron chi connectivity index (χ2n) is 3.63. The number of alkyl halides is 4. The Balaban J connectivity index is 3.36. The zero-order valence-corrected chi connectivity index (χ0v) is 11.8. The van der Waals surface area contributed by atoms with Crippen molar-refractivity contribution < 1.29 is 22.7 Å². The van der Waals surface area contributed by atoms with Crippen LogP contribution in [0.25, 0.3) is 0 Å². The predicted molar refractivity (Wildman–Crippen MR) is 68.3 cm³/mol. The SMILES string of the molecule is COC(=O)Cc1ccc(C#N)c(CCl)c1SC(F)(F)F. The first kappa shape index (κ1) is 16.7. The lowest BCUT2D eigenvalue weighted by Crippen LogP contribution is -2.09. The molecule has 0 N–H and O–H groups in total. The third kappa shape index (κ3) is 4.32. The molecule has 0 unspecified atom stereocenters. The van der Waals surface area contributed by atoms with Gasteiger partial charge < -0.3 is 4.74 Å². The fourth-order valence-corrected chi connectivity index (χ4v) is 2.69. The number of rotatable bonds is 4. The molecule has 1 rings (SSSR count). The van der Waals surface area contributed by atoms with Gasteiger partial charge in [-0.3, -0.25) is 4.79 Å². The van der Waals surface area contributed by atoms with Gasteiger partial charge in [-0.1, -0.05) is 6.07 Å². The minimum Gasteiger partial charge on any atom is -0.469 e. The van der Waals surface area contributed by atoms with Crippen LogP contribution < -0.4 is 0 Å². The summed E-state index contributed by atoms with van der Waals surface area (Å²) >= 11 is 5.26. The van der Waals surface area contributed by atoms with Crippen LogP contribution in [0.5, 0.6) is 0 Å². The van der Waals surface area contributed by atoms with Crippen molar-refractivity contribution in [3.63, 3.8) is 0 Å². The van der Waals surface area contributed by atoms with Gasteiger partial charge in [-0.05, 0) is 29.0 Å². The summed E-state index contributed by atoms with van der Waals surface area (Å²) in [4.78, 5) is 11.0. The molecule has 0 bridgehead atoms. The number of hydrogen-bond donors (Lipinski definition) is 0. The van der Waals surface area contributed by atoms with E-state index in [1.54, 1.807) is 6.07 Å². The molecule has 108 valence electrons. The van der Waals surface area contributed by atoms with Gasteiger partial charge in [0, 0.05) is 10.8 Å². The number of carbonyl (C=O) groups excluding carboxylic acids is 1. The van der Waals surface area contributed by atoms with Crippen molar-refractivity contribution in [3.05, 3.63) is 28.8 Å². The van der Waals surface area contributed by atoms with E-state index in [9.17, 15) is 18.0 Å². The maximum absolute atomic E-state index is 12.6. The molecule has 0 spiro atoms. The van der Waals surface area contributed by atoms with Crippen LogP contribution in [0.15, 0.2) is 17.0 Å². The lowest BCUT2D eigenvalue weighted by molar-refractivity contribution is -0.139. The van der Waals surface area contributed by atoms with Crippen molar-refractivity contribution in [1.82, 2.24) is 0 Å². The average Bonchev–Trinajstić information content (AvgIpc) is 2.38. The number of ether oxygens (including phenoxy) is 1.